The van der Waals surface area contributed by atoms with Gasteiger partial charge in [0.1, 0.15) is 17.9 Å². The third-order valence-corrected chi connectivity index (χ3v) is 2.36. The fourth-order valence-corrected chi connectivity index (χ4v) is 1.58. The summed E-state index contributed by atoms with van der Waals surface area (Å²) in [5, 5.41) is 0.353. The SMILES string of the molecule is COc1ccc(F)cc1-c1ncncc1Cl. The normalized spacial score (nSPS) is 10.2. The molecule has 0 amide bonds. The predicted molar refractivity (Wildman–Crippen MR) is 59.0 cm³/mol. The third-order valence-electron chi connectivity index (χ3n) is 2.08. The highest BCUT2D eigenvalue weighted by atomic mass is 35.5. The molecule has 0 saturated heterocycles. The first-order valence-electron chi connectivity index (χ1n) is 4.52. The van der Waals surface area contributed by atoms with Crippen molar-refractivity contribution in [1.29, 1.82) is 0 Å². The van der Waals surface area contributed by atoms with E-state index in [1.807, 2.05) is 0 Å². The van der Waals surface area contributed by atoms with Crippen LogP contribution in [0, 0.1) is 5.82 Å². The zero-order chi connectivity index (χ0) is 11.5. The molecular weight excluding hydrogens is 231 g/mol. The fraction of sp³-hybridized carbons (Fsp3) is 0.0909. The van der Waals surface area contributed by atoms with E-state index in [1.165, 1.54) is 37.8 Å². The van der Waals surface area contributed by atoms with Gasteiger partial charge >= 0.3 is 0 Å². The number of aromatic nitrogens is 2. The van der Waals surface area contributed by atoms with Crippen LogP contribution in [0.1, 0.15) is 0 Å². The Morgan fingerprint density at radius 3 is 2.88 bits per heavy atom. The number of rotatable bonds is 2. The van der Waals surface area contributed by atoms with E-state index >= 15 is 0 Å². The molecule has 16 heavy (non-hydrogen) atoms. The molecule has 2 aromatic rings. The Labute approximate surface area is 96.9 Å². The van der Waals surface area contributed by atoms with Crippen LogP contribution in [0.2, 0.25) is 5.02 Å². The molecule has 0 unspecified atom stereocenters. The topological polar surface area (TPSA) is 35.0 Å². The number of halogens is 2. The van der Waals surface area contributed by atoms with Crippen molar-refractivity contribution < 1.29 is 9.13 Å². The Bertz CT molecular complexity index is 519. The van der Waals surface area contributed by atoms with Gasteiger partial charge in [-0.3, -0.25) is 0 Å². The van der Waals surface area contributed by atoms with E-state index < -0.39 is 0 Å². The summed E-state index contributed by atoms with van der Waals surface area (Å²) in [6, 6.07) is 4.17. The van der Waals surface area contributed by atoms with Gasteiger partial charge in [-0.05, 0) is 18.2 Å². The molecule has 0 aliphatic heterocycles. The minimum Gasteiger partial charge on any atom is -0.496 e. The summed E-state index contributed by atoms with van der Waals surface area (Å²) >= 11 is 5.94. The standard InChI is InChI=1S/C11H8ClFN2O/c1-16-10-3-2-7(13)4-8(10)11-9(12)5-14-6-15-11/h2-6H,1H3. The smallest absolute Gasteiger partial charge is 0.128 e. The molecule has 1 heterocycles. The van der Waals surface area contributed by atoms with E-state index in [-0.39, 0.29) is 5.82 Å². The van der Waals surface area contributed by atoms with Gasteiger partial charge in [0, 0.05) is 11.8 Å². The van der Waals surface area contributed by atoms with E-state index in [2.05, 4.69) is 9.97 Å². The van der Waals surface area contributed by atoms with Crippen molar-refractivity contribution in [3.63, 3.8) is 0 Å². The van der Waals surface area contributed by atoms with Crippen LogP contribution in [0.15, 0.2) is 30.7 Å². The fourth-order valence-electron chi connectivity index (χ4n) is 1.38. The molecule has 0 N–H and O–H groups in total. The molecule has 0 aliphatic carbocycles. The monoisotopic (exact) mass is 238 g/mol. The van der Waals surface area contributed by atoms with Crippen LogP contribution in [0.5, 0.6) is 5.75 Å². The summed E-state index contributed by atoms with van der Waals surface area (Å²) in [5.41, 5.74) is 0.961. The molecule has 82 valence electrons. The lowest BCUT2D eigenvalue weighted by Crippen LogP contribution is -1.92. The second kappa shape index (κ2) is 4.45. The highest BCUT2D eigenvalue weighted by Gasteiger charge is 2.11. The number of hydrogen-bond acceptors (Lipinski definition) is 3. The lowest BCUT2D eigenvalue weighted by atomic mass is 10.1. The second-order valence-electron chi connectivity index (χ2n) is 3.06. The summed E-state index contributed by atoms with van der Waals surface area (Å²) in [4.78, 5) is 7.78. The zero-order valence-corrected chi connectivity index (χ0v) is 9.20. The van der Waals surface area contributed by atoms with Crippen LogP contribution < -0.4 is 4.74 Å². The molecule has 0 spiro atoms. The van der Waals surface area contributed by atoms with Crippen molar-refractivity contribution in [3.05, 3.63) is 41.6 Å². The van der Waals surface area contributed by atoms with Gasteiger partial charge in [0.25, 0.3) is 0 Å². The maximum Gasteiger partial charge on any atom is 0.128 e. The van der Waals surface area contributed by atoms with Gasteiger partial charge in [-0.25, -0.2) is 14.4 Å². The number of hydrogen-bond donors (Lipinski definition) is 0. The number of benzene rings is 1. The van der Waals surface area contributed by atoms with Crippen molar-refractivity contribution in [3.8, 4) is 17.0 Å². The Kier molecular flexibility index (Phi) is 3.01. The molecule has 0 bridgehead atoms. The maximum atomic E-state index is 13.2. The summed E-state index contributed by atoms with van der Waals surface area (Å²) < 4.78 is 18.3. The maximum absolute atomic E-state index is 13.2. The van der Waals surface area contributed by atoms with E-state index in [0.717, 1.165) is 0 Å². The largest absolute Gasteiger partial charge is 0.496 e. The first-order chi connectivity index (χ1) is 7.72. The van der Waals surface area contributed by atoms with E-state index in [4.69, 9.17) is 16.3 Å². The van der Waals surface area contributed by atoms with Gasteiger partial charge < -0.3 is 4.74 Å². The molecule has 2 rings (SSSR count). The number of nitrogens with zero attached hydrogens (tertiary/aromatic N) is 2. The molecule has 3 nitrogen and oxygen atoms in total. The average molecular weight is 239 g/mol. The molecule has 1 aromatic heterocycles. The first-order valence-corrected chi connectivity index (χ1v) is 4.89. The van der Waals surface area contributed by atoms with E-state index in [1.54, 1.807) is 0 Å². The lowest BCUT2D eigenvalue weighted by molar-refractivity contribution is 0.415. The summed E-state index contributed by atoms with van der Waals surface area (Å²) in [7, 11) is 1.51. The molecular formula is C11H8ClFN2O. The van der Waals surface area contributed by atoms with Crippen molar-refractivity contribution in [2.75, 3.05) is 7.11 Å². The van der Waals surface area contributed by atoms with Crippen molar-refractivity contribution in [2.24, 2.45) is 0 Å². The summed E-state index contributed by atoms with van der Waals surface area (Å²) in [5.74, 6) is 0.146. The minimum absolute atomic E-state index is 0.353. The van der Waals surface area contributed by atoms with Crippen LogP contribution in [-0.2, 0) is 0 Å². The molecule has 5 heteroatoms. The molecule has 0 fully saturated rings. The Morgan fingerprint density at radius 2 is 2.19 bits per heavy atom. The first kappa shape index (κ1) is 10.8. The third kappa shape index (κ3) is 1.97. The molecule has 0 saturated carbocycles. The Morgan fingerprint density at radius 1 is 1.38 bits per heavy atom. The van der Waals surface area contributed by atoms with Crippen molar-refractivity contribution in [1.82, 2.24) is 9.97 Å². The van der Waals surface area contributed by atoms with Gasteiger partial charge in [0.2, 0.25) is 0 Å². The van der Waals surface area contributed by atoms with E-state index in [9.17, 15) is 4.39 Å². The second-order valence-corrected chi connectivity index (χ2v) is 3.47. The van der Waals surface area contributed by atoms with Crippen LogP contribution in [0.4, 0.5) is 4.39 Å². The number of ether oxygens (including phenoxy) is 1. The van der Waals surface area contributed by atoms with Crippen LogP contribution >= 0.6 is 11.6 Å². The van der Waals surface area contributed by atoms with Gasteiger partial charge in [-0.1, -0.05) is 11.6 Å². The van der Waals surface area contributed by atoms with Gasteiger partial charge in [-0.2, -0.15) is 0 Å². The Balaban J connectivity index is 2.63. The average Bonchev–Trinajstić information content (AvgIpc) is 2.29. The van der Waals surface area contributed by atoms with Crippen molar-refractivity contribution >= 4 is 11.6 Å². The lowest BCUT2D eigenvalue weighted by Gasteiger charge is -2.08. The Hall–Kier alpha value is -1.68. The van der Waals surface area contributed by atoms with Crippen LogP contribution in [0.25, 0.3) is 11.3 Å². The van der Waals surface area contributed by atoms with Crippen LogP contribution in [-0.4, -0.2) is 17.1 Å². The molecule has 0 radical (unpaired) electrons. The van der Waals surface area contributed by atoms with Gasteiger partial charge in [-0.15, -0.1) is 0 Å². The summed E-state index contributed by atoms with van der Waals surface area (Å²) in [6.07, 6.45) is 2.81. The van der Waals surface area contributed by atoms with E-state index in [0.29, 0.717) is 22.0 Å². The molecule has 0 atom stereocenters. The van der Waals surface area contributed by atoms with Crippen LogP contribution in [0.3, 0.4) is 0 Å². The quantitative estimate of drug-likeness (QED) is 0.807. The highest BCUT2D eigenvalue weighted by Crippen LogP contribution is 2.32. The number of methoxy groups -OCH3 is 1. The summed E-state index contributed by atoms with van der Waals surface area (Å²) in [6.45, 7) is 0. The van der Waals surface area contributed by atoms with Gasteiger partial charge in [0.05, 0.1) is 17.8 Å². The molecule has 0 aliphatic rings. The van der Waals surface area contributed by atoms with Gasteiger partial charge in [0.15, 0.2) is 0 Å². The zero-order valence-electron chi connectivity index (χ0n) is 8.45. The van der Waals surface area contributed by atoms with Crippen molar-refractivity contribution in [2.45, 2.75) is 0 Å². The molecule has 1 aromatic carbocycles. The minimum atomic E-state index is -0.370. The highest BCUT2D eigenvalue weighted by molar-refractivity contribution is 6.32. The predicted octanol–water partition coefficient (Wildman–Crippen LogP) is 2.94.